The van der Waals surface area contributed by atoms with Crippen LogP contribution in [0.1, 0.15) is 12.0 Å². The Hall–Kier alpha value is -1.59. The predicted octanol–water partition coefficient (Wildman–Crippen LogP) is 0.221. The van der Waals surface area contributed by atoms with E-state index in [9.17, 15) is 0 Å². The maximum Gasteiger partial charge on any atom is 0.124 e. The van der Waals surface area contributed by atoms with Crippen molar-refractivity contribution in [3.05, 3.63) is 54.6 Å². The molecular weight excluding hydrogens is 348 g/mol. The third-order valence-corrected chi connectivity index (χ3v) is 4.59. The zero-order valence-electron chi connectivity index (χ0n) is 15.3. The van der Waals surface area contributed by atoms with Crippen LogP contribution in [0.4, 0.5) is 0 Å². The van der Waals surface area contributed by atoms with Crippen molar-refractivity contribution in [2.45, 2.75) is 13.0 Å². The van der Waals surface area contributed by atoms with Gasteiger partial charge in [-0.15, -0.1) is 0 Å². The van der Waals surface area contributed by atoms with E-state index in [4.69, 9.17) is 9.47 Å². The van der Waals surface area contributed by atoms with Gasteiger partial charge in [-0.05, 0) is 36.3 Å². The lowest BCUT2D eigenvalue weighted by Crippen LogP contribution is -3.00. The minimum atomic E-state index is 0. The molecule has 142 valence electrons. The van der Waals surface area contributed by atoms with Gasteiger partial charge in [-0.2, -0.15) is 0 Å². The summed E-state index contributed by atoms with van der Waals surface area (Å²) < 4.78 is 11.3. The summed E-state index contributed by atoms with van der Waals surface area (Å²) in [7, 11) is 0. The molecule has 0 atom stereocenters. The molecule has 1 heterocycles. The molecule has 0 aliphatic carbocycles. The van der Waals surface area contributed by atoms with Gasteiger partial charge in [-0.25, -0.2) is 0 Å². The van der Waals surface area contributed by atoms with Crippen molar-refractivity contribution in [3.63, 3.8) is 0 Å². The number of nitrogens with one attached hydrogen (secondary N) is 1. The van der Waals surface area contributed by atoms with Crippen molar-refractivity contribution >= 4 is 10.8 Å². The van der Waals surface area contributed by atoms with Gasteiger partial charge >= 0.3 is 0 Å². The topological polar surface area (TPSA) is 33.7 Å². The van der Waals surface area contributed by atoms with E-state index in [-0.39, 0.29) is 12.4 Å². The van der Waals surface area contributed by atoms with E-state index in [0.717, 1.165) is 58.1 Å². The van der Waals surface area contributed by atoms with E-state index >= 15 is 0 Å². The summed E-state index contributed by atoms with van der Waals surface area (Å²) in [4.78, 5) is 2.47. The summed E-state index contributed by atoms with van der Waals surface area (Å²) in [6, 6.07) is 12.7. The van der Waals surface area contributed by atoms with Gasteiger partial charge in [0.25, 0.3) is 0 Å². The van der Waals surface area contributed by atoms with Gasteiger partial charge in [0.15, 0.2) is 0 Å². The Morgan fingerprint density at radius 2 is 1.96 bits per heavy atom. The maximum atomic E-state index is 5.87. The number of fused-ring (bicyclic) bond motifs is 1. The van der Waals surface area contributed by atoms with Crippen molar-refractivity contribution in [2.24, 2.45) is 0 Å². The lowest BCUT2D eigenvalue weighted by Gasteiger charge is -2.26. The molecule has 2 aromatic rings. The average Bonchev–Trinajstić information content (AvgIpc) is 2.67. The van der Waals surface area contributed by atoms with Crippen LogP contribution in [-0.2, 0) is 11.3 Å². The lowest BCUT2D eigenvalue weighted by atomic mass is 10.0. The maximum absolute atomic E-state index is 5.87. The van der Waals surface area contributed by atoms with Crippen molar-refractivity contribution in [3.8, 4) is 5.75 Å². The van der Waals surface area contributed by atoms with Crippen LogP contribution in [0.15, 0.2) is 49.1 Å². The summed E-state index contributed by atoms with van der Waals surface area (Å²) in [6.45, 7) is 11.1. The lowest BCUT2D eigenvalue weighted by molar-refractivity contribution is -0.00000695. The van der Waals surface area contributed by atoms with Crippen LogP contribution in [0, 0.1) is 0 Å². The Kier molecular flexibility index (Phi) is 8.92. The van der Waals surface area contributed by atoms with Crippen LogP contribution in [0.3, 0.4) is 0 Å². The van der Waals surface area contributed by atoms with E-state index in [1.807, 2.05) is 0 Å². The molecule has 4 nitrogen and oxygen atoms in total. The Balaban J connectivity index is 0.00000243. The van der Waals surface area contributed by atoms with Crippen molar-refractivity contribution in [2.75, 3.05) is 46.0 Å². The first kappa shape index (κ1) is 20.7. The number of ether oxygens (including phenoxy) is 2. The fourth-order valence-corrected chi connectivity index (χ4v) is 3.25. The first-order chi connectivity index (χ1) is 12.4. The number of hydrogen-bond acceptors (Lipinski definition) is 4. The third-order valence-electron chi connectivity index (χ3n) is 4.59. The molecule has 1 fully saturated rings. The third kappa shape index (κ3) is 5.71. The molecule has 1 aliphatic rings. The standard InChI is InChI=1S/C21H28N2O2.ClH/c1-2-14-25-21-9-8-18-6-3-4-7-19(18)20(21)17-22-10-5-11-23-12-15-24-16-13-23;/h2-4,6-9,22H,1,5,10-17H2;1H/p-1. The molecule has 0 spiro atoms. The van der Waals surface area contributed by atoms with Gasteiger partial charge in [-0.1, -0.05) is 43.0 Å². The predicted molar refractivity (Wildman–Crippen MR) is 103 cm³/mol. The smallest absolute Gasteiger partial charge is 0.124 e. The fraction of sp³-hybridized carbons (Fsp3) is 0.429. The molecule has 3 rings (SSSR count). The molecule has 0 bridgehead atoms. The van der Waals surface area contributed by atoms with Crippen LogP contribution < -0.4 is 22.5 Å². The zero-order chi connectivity index (χ0) is 17.3. The van der Waals surface area contributed by atoms with Crippen molar-refractivity contribution in [1.82, 2.24) is 10.2 Å². The van der Waals surface area contributed by atoms with Gasteiger partial charge in [0.2, 0.25) is 0 Å². The van der Waals surface area contributed by atoms with Gasteiger partial charge in [-0.3, -0.25) is 4.90 Å². The monoisotopic (exact) mass is 375 g/mol. The number of nitrogens with zero attached hydrogens (tertiary/aromatic N) is 1. The van der Waals surface area contributed by atoms with E-state index in [1.54, 1.807) is 6.08 Å². The number of halogens is 1. The normalized spacial score (nSPS) is 14.8. The first-order valence-corrected chi connectivity index (χ1v) is 9.13. The summed E-state index contributed by atoms with van der Waals surface area (Å²) >= 11 is 0. The molecule has 26 heavy (non-hydrogen) atoms. The molecule has 1 saturated heterocycles. The van der Waals surface area contributed by atoms with E-state index in [2.05, 4.69) is 53.2 Å². The van der Waals surface area contributed by atoms with E-state index in [1.165, 1.54) is 16.3 Å². The van der Waals surface area contributed by atoms with Crippen molar-refractivity contribution in [1.29, 1.82) is 0 Å². The average molecular weight is 376 g/mol. The van der Waals surface area contributed by atoms with E-state index in [0.29, 0.717) is 6.61 Å². The molecule has 0 saturated carbocycles. The Bertz CT molecular complexity index is 687. The van der Waals surface area contributed by atoms with Crippen LogP contribution in [0.2, 0.25) is 0 Å². The molecular formula is C21H28ClN2O2-. The molecule has 1 aliphatic heterocycles. The molecule has 5 heteroatoms. The zero-order valence-corrected chi connectivity index (χ0v) is 16.0. The quantitative estimate of drug-likeness (QED) is 0.502. The second kappa shape index (κ2) is 11.2. The molecule has 2 aromatic carbocycles. The highest BCUT2D eigenvalue weighted by Gasteiger charge is 2.10. The Morgan fingerprint density at radius 3 is 2.77 bits per heavy atom. The molecule has 0 amide bonds. The molecule has 0 aromatic heterocycles. The second-order valence-corrected chi connectivity index (χ2v) is 6.35. The van der Waals surface area contributed by atoms with Crippen molar-refractivity contribution < 1.29 is 21.9 Å². The van der Waals surface area contributed by atoms with Gasteiger partial charge in [0.1, 0.15) is 12.4 Å². The molecule has 0 radical (unpaired) electrons. The second-order valence-electron chi connectivity index (χ2n) is 6.35. The highest BCUT2D eigenvalue weighted by atomic mass is 35.5. The minimum Gasteiger partial charge on any atom is -1.00 e. The summed E-state index contributed by atoms with van der Waals surface area (Å²) in [5.74, 6) is 0.944. The fourth-order valence-electron chi connectivity index (χ4n) is 3.25. The molecule has 1 N–H and O–H groups in total. The first-order valence-electron chi connectivity index (χ1n) is 9.13. The highest BCUT2D eigenvalue weighted by molar-refractivity contribution is 5.87. The van der Waals surface area contributed by atoms with Crippen LogP contribution in [0.25, 0.3) is 10.8 Å². The summed E-state index contributed by atoms with van der Waals surface area (Å²) in [5.41, 5.74) is 1.23. The summed E-state index contributed by atoms with van der Waals surface area (Å²) in [6.07, 6.45) is 2.93. The van der Waals surface area contributed by atoms with Gasteiger partial charge in [0.05, 0.1) is 13.2 Å². The largest absolute Gasteiger partial charge is 1.00 e. The van der Waals surface area contributed by atoms with E-state index < -0.39 is 0 Å². The SMILES string of the molecule is C=CCOc1ccc2ccccc2c1CNCCCN1CCOCC1.[Cl-]. The highest BCUT2D eigenvalue weighted by Crippen LogP contribution is 2.28. The molecule has 0 unspecified atom stereocenters. The Morgan fingerprint density at radius 1 is 1.15 bits per heavy atom. The number of benzene rings is 2. The van der Waals surface area contributed by atoms with Gasteiger partial charge < -0.3 is 27.2 Å². The number of hydrogen-bond donors (Lipinski definition) is 1. The van der Waals surface area contributed by atoms with Crippen LogP contribution in [0.5, 0.6) is 5.75 Å². The van der Waals surface area contributed by atoms with Crippen LogP contribution >= 0.6 is 0 Å². The Labute approximate surface area is 162 Å². The van der Waals surface area contributed by atoms with Crippen LogP contribution in [-0.4, -0.2) is 50.9 Å². The minimum absolute atomic E-state index is 0. The van der Waals surface area contributed by atoms with Gasteiger partial charge in [0, 0.05) is 25.2 Å². The number of rotatable bonds is 9. The number of morpholine rings is 1. The summed E-state index contributed by atoms with van der Waals surface area (Å²) in [5, 5.41) is 6.09.